The molecule has 5 N–H and O–H groups in total. The van der Waals surface area contributed by atoms with E-state index in [-0.39, 0.29) is 54.3 Å². The SMILES string of the molecule is COC(=O)C1(c2cccc(F)c2C)CCC(=O)C(C=O)C1.COC(=O)C1(c2cccc(F)c2C)CCc2c(cnn2-c2ccccc2)C1.Cc1c(F)cccc1C1(C(=O)NO)CCc2c(cnn2-c2ccccc2)C1.Cc1c(F)cccc1C1(C(=O)NO)CCc2c(cnn2-c2ccccc2)C1.Cc1c(F)cccc1C1(C(=O)O)CCc2c(cnn2-c2ccccc2)C1. The third-order valence-corrected chi connectivity index (χ3v) is 26.4. The van der Waals surface area contributed by atoms with Crippen molar-refractivity contribution >= 4 is 41.8 Å². The van der Waals surface area contributed by atoms with Gasteiger partial charge >= 0.3 is 17.9 Å². The summed E-state index contributed by atoms with van der Waals surface area (Å²) in [6.45, 7) is 8.29. The number of hydrogen-bond acceptors (Lipinski definition) is 15. The van der Waals surface area contributed by atoms with Crippen LogP contribution < -0.4 is 11.0 Å². The van der Waals surface area contributed by atoms with E-state index in [1.807, 2.05) is 152 Å². The molecule has 18 rings (SSSR count). The highest BCUT2D eigenvalue weighted by molar-refractivity contribution is 5.98. The minimum Gasteiger partial charge on any atom is -0.481 e. The summed E-state index contributed by atoms with van der Waals surface area (Å²) in [5, 5.41) is 46.9. The number of esters is 2. The Hall–Kier alpha value is -13.9. The lowest BCUT2D eigenvalue weighted by atomic mass is 9.64. The molecule has 5 aliphatic rings. The molecule has 4 heterocycles. The molecule has 0 saturated heterocycles. The van der Waals surface area contributed by atoms with E-state index >= 15 is 0 Å². The van der Waals surface area contributed by atoms with Crippen LogP contribution in [0.5, 0.6) is 0 Å². The van der Waals surface area contributed by atoms with E-state index in [9.17, 15) is 71.0 Å². The first-order chi connectivity index (χ1) is 61.7. The highest BCUT2D eigenvalue weighted by atomic mass is 19.1. The van der Waals surface area contributed by atoms with Crippen LogP contribution in [0.15, 0.2) is 237 Å². The third-order valence-electron chi connectivity index (χ3n) is 26.4. The molecule has 27 heteroatoms. The van der Waals surface area contributed by atoms with E-state index in [4.69, 9.17) is 9.47 Å². The van der Waals surface area contributed by atoms with E-state index in [0.717, 1.165) is 67.8 Å². The van der Waals surface area contributed by atoms with Gasteiger partial charge in [-0.2, -0.15) is 20.4 Å². The Kier molecular flexibility index (Phi) is 26.9. The highest BCUT2D eigenvalue weighted by Gasteiger charge is 2.52. The van der Waals surface area contributed by atoms with Gasteiger partial charge < -0.3 is 19.4 Å². The number of aromatic nitrogens is 8. The number of methoxy groups -OCH3 is 2. The molecule has 0 aliphatic heterocycles. The van der Waals surface area contributed by atoms with Gasteiger partial charge in [0.1, 0.15) is 41.2 Å². The number of aliphatic carboxylic acids is 1. The van der Waals surface area contributed by atoms with E-state index in [1.165, 1.54) is 50.6 Å². The molecule has 6 unspecified atom stereocenters. The average molecular weight is 1740 g/mol. The number of carbonyl (C=O) groups excluding carboxylic acids is 6. The summed E-state index contributed by atoms with van der Waals surface area (Å²) in [6.07, 6.45) is 13.8. The summed E-state index contributed by atoms with van der Waals surface area (Å²) >= 11 is 0. The van der Waals surface area contributed by atoms with Crippen molar-refractivity contribution in [1.82, 2.24) is 50.1 Å². The molecule has 0 spiro atoms. The number of halogens is 5. The van der Waals surface area contributed by atoms with Crippen LogP contribution in [-0.4, -0.2) is 111 Å². The number of Topliss-reactive ketones (excluding diaryl/α,β-unsaturated/α-hetero) is 1. The molecule has 6 atom stereocenters. The first kappa shape index (κ1) is 90.3. The fourth-order valence-electron chi connectivity index (χ4n) is 19.6. The van der Waals surface area contributed by atoms with Gasteiger partial charge in [0.2, 0.25) is 0 Å². The molecule has 0 radical (unpaired) electrons. The van der Waals surface area contributed by atoms with Crippen molar-refractivity contribution in [2.24, 2.45) is 5.92 Å². The summed E-state index contributed by atoms with van der Waals surface area (Å²) < 4.78 is 88.1. The molecule has 1 saturated carbocycles. The third kappa shape index (κ3) is 17.0. The molecule has 0 bridgehead atoms. The Balaban J connectivity index is 0.000000130. The number of fused-ring (bicyclic) bond motifs is 4. The van der Waals surface area contributed by atoms with Gasteiger partial charge in [0.25, 0.3) is 11.8 Å². The Morgan fingerprint density at radius 2 is 0.617 bits per heavy atom. The second kappa shape index (κ2) is 38.1. The fraction of sp³-hybridized carbons (Fsp3) is 0.277. The smallest absolute Gasteiger partial charge is 0.316 e. The maximum absolute atomic E-state index is 14.2. The Morgan fingerprint density at radius 1 is 0.367 bits per heavy atom. The molecule has 2 amide bonds. The first-order valence-corrected chi connectivity index (χ1v) is 42.2. The normalized spacial score (nSPS) is 20.0. The largest absolute Gasteiger partial charge is 0.481 e. The second-order valence-electron chi connectivity index (χ2n) is 33.2. The second-order valence-corrected chi connectivity index (χ2v) is 33.2. The van der Waals surface area contributed by atoms with E-state index in [0.29, 0.717) is 139 Å². The summed E-state index contributed by atoms with van der Waals surface area (Å²) in [5.41, 5.74) is 15.3. The standard InChI is InChI=1S/C22H21FN2O2.2C21H20FN3O2.C21H19FN2O2.C16H17FO4/c1-15-18(9-6-10-19(15)23)22(21(26)27-2)12-11-20-16(13-22)14-24-25(20)17-7-4-3-5-8-17;2*1-14-17(8-5-9-18(14)22)21(20(26)24-27)11-10-19-15(12-21)13-23-25(19)16-6-3-2-4-7-16;1-14-17(8-5-9-18(14)22)21(20(25)26)11-10-19-15(12-21)13-23-24(19)16-6-3-2-4-7-16;1-10-12(4-3-5-13(10)17)16(15(20)21-2)7-6-14(19)11(8-16)9-18/h3-10,14H,11-13H2,1-2H3;2*2-9,13,27H,10-12H2,1H3,(H,24,26);2-9,13H,10-12H2,1H3,(H,25,26);3-5,9,11H,6-8H2,1-2H3. The van der Waals surface area contributed by atoms with Crippen molar-refractivity contribution in [3.8, 4) is 22.7 Å². The number of aldehydes is 1. The summed E-state index contributed by atoms with van der Waals surface area (Å²) in [7, 11) is 2.65. The van der Waals surface area contributed by atoms with Crippen LogP contribution >= 0.6 is 0 Å². The van der Waals surface area contributed by atoms with Gasteiger partial charge in [0.05, 0.1) is 94.7 Å². The Bertz CT molecular complexity index is 5930. The van der Waals surface area contributed by atoms with E-state index < -0.39 is 62.6 Å². The topological polar surface area (TPSA) is 294 Å². The lowest BCUT2D eigenvalue weighted by Crippen LogP contribution is -2.47. The number of carbonyl (C=O) groups is 7. The van der Waals surface area contributed by atoms with Crippen LogP contribution in [0.25, 0.3) is 22.7 Å². The zero-order valence-electron chi connectivity index (χ0n) is 71.8. The number of hydrogen-bond donors (Lipinski definition) is 5. The molecule has 4 aromatic heterocycles. The number of nitrogens with one attached hydrogen (secondary N) is 2. The molecule has 5 aliphatic carbocycles. The predicted molar refractivity (Wildman–Crippen MR) is 466 cm³/mol. The monoisotopic (exact) mass is 1740 g/mol. The molecule has 658 valence electrons. The number of nitrogens with zero attached hydrogens (tertiary/aromatic N) is 8. The van der Waals surface area contributed by atoms with E-state index in [2.05, 4.69) is 20.4 Å². The Labute approximate surface area is 736 Å². The van der Waals surface area contributed by atoms with Gasteiger partial charge in [-0.1, -0.05) is 133 Å². The van der Waals surface area contributed by atoms with Gasteiger partial charge in [-0.05, 0) is 281 Å². The molecule has 22 nitrogen and oxygen atoms in total. The quantitative estimate of drug-likeness (QED) is 0.0159. The van der Waals surface area contributed by atoms with Gasteiger partial charge in [0, 0.05) is 29.2 Å². The minimum absolute atomic E-state index is 0.0340. The molecular weight excluding hydrogens is 1640 g/mol. The number of ether oxygens (including phenoxy) is 2. The molecular formula is C101H97F5N10O12. The number of rotatable bonds is 15. The number of benzene rings is 9. The van der Waals surface area contributed by atoms with Crippen LogP contribution in [0.1, 0.15) is 146 Å². The fourth-order valence-corrected chi connectivity index (χ4v) is 19.6. The van der Waals surface area contributed by atoms with Crippen molar-refractivity contribution in [2.45, 2.75) is 158 Å². The van der Waals surface area contributed by atoms with Gasteiger partial charge in [-0.25, -0.2) is 51.6 Å². The first-order valence-electron chi connectivity index (χ1n) is 42.2. The maximum atomic E-state index is 14.2. The number of hydroxylamine groups is 2. The van der Waals surface area contributed by atoms with Crippen LogP contribution in [0.2, 0.25) is 0 Å². The lowest BCUT2D eigenvalue weighted by molar-refractivity contribution is -0.151. The zero-order chi connectivity index (χ0) is 91.0. The van der Waals surface area contributed by atoms with Crippen molar-refractivity contribution in [2.75, 3.05) is 14.2 Å². The maximum Gasteiger partial charge on any atom is 0.316 e. The van der Waals surface area contributed by atoms with Crippen LogP contribution in [0, 0.1) is 69.6 Å². The van der Waals surface area contributed by atoms with Gasteiger partial charge in [-0.15, -0.1) is 0 Å². The summed E-state index contributed by atoms with van der Waals surface area (Å²) in [4.78, 5) is 85.8. The van der Waals surface area contributed by atoms with Crippen LogP contribution in [-0.2, 0) is 121 Å². The van der Waals surface area contributed by atoms with Crippen molar-refractivity contribution in [3.05, 3.63) is 367 Å². The zero-order valence-corrected chi connectivity index (χ0v) is 71.8. The summed E-state index contributed by atoms with van der Waals surface area (Å²) in [6, 6.07) is 62.9. The van der Waals surface area contributed by atoms with Crippen molar-refractivity contribution in [1.29, 1.82) is 0 Å². The minimum atomic E-state index is -1.14. The van der Waals surface area contributed by atoms with Gasteiger partial charge in [-0.3, -0.25) is 39.2 Å². The predicted octanol–water partition coefficient (Wildman–Crippen LogP) is 16.4. The molecule has 128 heavy (non-hydrogen) atoms. The number of carboxylic acid groups (broad SMARTS) is 1. The van der Waals surface area contributed by atoms with Crippen LogP contribution in [0.3, 0.4) is 0 Å². The lowest BCUT2D eigenvalue weighted by Gasteiger charge is -2.37. The number of carboxylic acids is 1. The number of ketones is 1. The number of para-hydroxylation sites is 4. The number of amides is 2. The van der Waals surface area contributed by atoms with E-state index in [1.54, 1.807) is 113 Å². The highest BCUT2D eigenvalue weighted by Crippen LogP contribution is 2.48. The Morgan fingerprint density at radius 3 is 0.906 bits per heavy atom. The summed E-state index contributed by atoms with van der Waals surface area (Å²) in [5.74, 6) is -5.64. The van der Waals surface area contributed by atoms with Crippen molar-refractivity contribution in [3.63, 3.8) is 0 Å². The van der Waals surface area contributed by atoms with Crippen molar-refractivity contribution < 1.29 is 80.5 Å². The van der Waals surface area contributed by atoms with Gasteiger partial charge in [0.15, 0.2) is 0 Å². The van der Waals surface area contributed by atoms with Crippen LogP contribution in [0.4, 0.5) is 22.0 Å². The average Bonchev–Trinajstić information content (AvgIpc) is 1.51. The molecule has 1 fully saturated rings. The molecule has 13 aromatic rings. The molecule has 9 aromatic carbocycles.